The number of guanidine groups is 1. The average Bonchev–Trinajstić information content (AvgIpc) is 3.02. The number of aliphatic imine (C=N–C) groups is 1. The third-order valence-electron chi connectivity index (χ3n) is 7.03. The van der Waals surface area contributed by atoms with E-state index in [2.05, 4.69) is 20.9 Å². The van der Waals surface area contributed by atoms with Gasteiger partial charge in [0.2, 0.25) is 17.7 Å². The number of nitrogens with two attached hydrogens (primary N) is 3. The summed E-state index contributed by atoms with van der Waals surface area (Å²) in [4.78, 5) is 56.2. The molecule has 0 aliphatic rings. The Bertz CT molecular complexity index is 1420. The summed E-state index contributed by atoms with van der Waals surface area (Å²) >= 11 is 0. The SMILES string of the molecule is NC(N)=NCCCC(NC(=O)C(Cc1ccccc1)NC(=O)C(Cc1ccccc1)NC(=O)C(N)Cc1ccccc1)C(=O)O. The van der Waals surface area contributed by atoms with Gasteiger partial charge in [-0.3, -0.25) is 19.4 Å². The first kappa shape index (κ1) is 34.3. The highest BCUT2D eigenvalue weighted by molar-refractivity contribution is 5.94. The lowest BCUT2D eigenvalue weighted by Gasteiger charge is -2.25. The van der Waals surface area contributed by atoms with Gasteiger partial charge in [-0.2, -0.15) is 0 Å². The van der Waals surface area contributed by atoms with E-state index in [-0.39, 0.29) is 38.2 Å². The zero-order valence-electron chi connectivity index (χ0n) is 25.0. The summed E-state index contributed by atoms with van der Waals surface area (Å²) in [7, 11) is 0. The fraction of sp³-hybridized carbons (Fsp3) is 0.303. The number of nitrogens with zero attached hydrogens (tertiary/aromatic N) is 1. The lowest BCUT2D eigenvalue weighted by Crippen LogP contribution is -2.58. The zero-order valence-corrected chi connectivity index (χ0v) is 25.0. The van der Waals surface area contributed by atoms with Crippen molar-refractivity contribution in [3.63, 3.8) is 0 Å². The van der Waals surface area contributed by atoms with Crippen molar-refractivity contribution in [2.24, 2.45) is 22.2 Å². The number of nitrogens with one attached hydrogen (secondary N) is 3. The first-order valence-electron chi connectivity index (χ1n) is 14.7. The quantitative estimate of drug-likeness (QED) is 0.0648. The highest BCUT2D eigenvalue weighted by atomic mass is 16.4. The van der Waals surface area contributed by atoms with Crippen LogP contribution in [-0.2, 0) is 38.4 Å². The summed E-state index contributed by atoms with van der Waals surface area (Å²) in [5.74, 6) is -3.18. The van der Waals surface area contributed by atoms with Crippen molar-refractivity contribution < 1.29 is 24.3 Å². The van der Waals surface area contributed by atoms with Crippen LogP contribution in [0.25, 0.3) is 0 Å². The van der Waals surface area contributed by atoms with Crippen LogP contribution >= 0.6 is 0 Å². The number of carbonyl (C=O) groups is 4. The predicted octanol–water partition coefficient (Wildman–Crippen LogP) is 0.634. The maximum absolute atomic E-state index is 13.8. The lowest BCUT2D eigenvalue weighted by molar-refractivity contribution is -0.142. The minimum Gasteiger partial charge on any atom is -0.480 e. The number of rotatable bonds is 17. The third-order valence-corrected chi connectivity index (χ3v) is 7.03. The monoisotopic (exact) mass is 615 g/mol. The Morgan fingerprint density at radius 1 is 0.622 bits per heavy atom. The molecule has 0 fully saturated rings. The number of carboxylic acid groups (broad SMARTS) is 1. The number of amides is 3. The van der Waals surface area contributed by atoms with Crippen molar-refractivity contribution in [1.82, 2.24) is 16.0 Å². The lowest BCUT2D eigenvalue weighted by atomic mass is 10.0. The summed E-state index contributed by atoms with van der Waals surface area (Å²) in [6.07, 6.45) is 0.858. The standard InChI is InChI=1S/C33H41N7O5/c34-25(19-22-11-4-1-5-12-22)29(41)39-27(20-23-13-6-2-7-14-23)31(43)40-28(21-24-15-8-3-9-16-24)30(42)38-26(32(44)45)17-10-18-37-33(35)36/h1-9,11-16,25-28H,10,17-21,34H2,(H,38,42)(H,39,41)(H,40,43)(H,44,45)(H4,35,36,37). The van der Waals surface area contributed by atoms with Gasteiger partial charge in [-0.25, -0.2) is 4.79 Å². The van der Waals surface area contributed by atoms with Crippen molar-refractivity contribution in [1.29, 1.82) is 0 Å². The molecule has 4 unspecified atom stereocenters. The van der Waals surface area contributed by atoms with Crippen LogP contribution in [0.3, 0.4) is 0 Å². The van der Waals surface area contributed by atoms with Crippen molar-refractivity contribution in [2.75, 3.05) is 6.54 Å². The summed E-state index contributed by atoms with van der Waals surface area (Å²) in [6.45, 7) is 0.194. The first-order valence-corrected chi connectivity index (χ1v) is 14.7. The van der Waals surface area contributed by atoms with Gasteiger partial charge in [0.05, 0.1) is 6.04 Å². The van der Waals surface area contributed by atoms with E-state index in [0.717, 1.165) is 16.7 Å². The Kier molecular flexibility index (Phi) is 13.5. The Hall–Kier alpha value is -5.23. The van der Waals surface area contributed by atoms with Crippen LogP contribution < -0.4 is 33.2 Å². The number of carbonyl (C=O) groups excluding carboxylic acids is 3. The molecule has 0 aliphatic heterocycles. The summed E-state index contributed by atoms with van der Waals surface area (Å²) in [5, 5.41) is 17.8. The van der Waals surface area contributed by atoms with Gasteiger partial charge in [0.25, 0.3) is 0 Å². The molecule has 10 N–H and O–H groups in total. The highest BCUT2D eigenvalue weighted by Crippen LogP contribution is 2.09. The van der Waals surface area contributed by atoms with E-state index in [1.807, 2.05) is 66.7 Å². The molecule has 0 radical (unpaired) electrons. The molecular formula is C33H41N7O5. The van der Waals surface area contributed by atoms with Gasteiger partial charge in [-0.1, -0.05) is 91.0 Å². The molecule has 3 aromatic carbocycles. The van der Waals surface area contributed by atoms with E-state index < -0.39 is 47.9 Å². The van der Waals surface area contributed by atoms with Crippen molar-refractivity contribution in [3.8, 4) is 0 Å². The molecule has 0 heterocycles. The van der Waals surface area contributed by atoms with Crippen molar-refractivity contribution in [3.05, 3.63) is 108 Å². The van der Waals surface area contributed by atoms with Gasteiger partial charge in [0.1, 0.15) is 18.1 Å². The average molecular weight is 616 g/mol. The van der Waals surface area contributed by atoms with Crippen LogP contribution in [0.2, 0.25) is 0 Å². The number of hydrogen-bond donors (Lipinski definition) is 7. The summed E-state index contributed by atoms with van der Waals surface area (Å²) in [6, 6.07) is 23.0. The molecule has 4 atom stereocenters. The second kappa shape index (κ2) is 17.8. The van der Waals surface area contributed by atoms with Crippen LogP contribution in [0.1, 0.15) is 29.5 Å². The molecule has 0 aromatic heterocycles. The number of benzene rings is 3. The molecule has 0 saturated carbocycles. The molecule has 0 spiro atoms. The second-order valence-electron chi connectivity index (χ2n) is 10.6. The van der Waals surface area contributed by atoms with Gasteiger partial charge >= 0.3 is 5.97 Å². The molecule has 12 heteroatoms. The highest BCUT2D eigenvalue weighted by Gasteiger charge is 2.30. The van der Waals surface area contributed by atoms with Gasteiger partial charge in [0.15, 0.2) is 5.96 Å². The van der Waals surface area contributed by atoms with Gasteiger partial charge in [-0.05, 0) is 36.0 Å². The van der Waals surface area contributed by atoms with E-state index >= 15 is 0 Å². The molecule has 238 valence electrons. The zero-order chi connectivity index (χ0) is 32.6. The fourth-order valence-corrected chi connectivity index (χ4v) is 4.66. The smallest absolute Gasteiger partial charge is 0.326 e. The molecular weight excluding hydrogens is 574 g/mol. The number of aliphatic carboxylic acids is 1. The fourth-order valence-electron chi connectivity index (χ4n) is 4.66. The molecule has 12 nitrogen and oxygen atoms in total. The van der Waals surface area contributed by atoms with E-state index in [4.69, 9.17) is 17.2 Å². The molecule has 0 saturated heterocycles. The number of carboxylic acids is 1. The predicted molar refractivity (Wildman–Crippen MR) is 172 cm³/mol. The maximum Gasteiger partial charge on any atom is 0.326 e. The second-order valence-corrected chi connectivity index (χ2v) is 10.6. The Balaban J connectivity index is 1.79. The van der Waals surface area contributed by atoms with Crippen molar-refractivity contribution in [2.45, 2.75) is 56.3 Å². The first-order chi connectivity index (χ1) is 21.6. The third kappa shape index (κ3) is 12.1. The molecule has 3 amide bonds. The Morgan fingerprint density at radius 3 is 1.44 bits per heavy atom. The molecule has 3 rings (SSSR count). The number of hydrogen-bond acceptors (Lipinski definition) is 6. The minimum absolute atomic E-state index is 0.0653. The summed E-state index contributed by atoms with van der Waals surface area (Å²) < 4.78 is 0. The normalized spacial score (nSPS) is 13.4. The van der Waals surface area contributed by atoms with Crippen LogP contribution in [0.5, 0.6) is 0 Å². The van der Waals surface area contributed by atoms with Crippen LogP contribution in [0.4, 0.5) is 0 Å². The van der Waals surface area contributed by atoms with Gasteiger partial charge in [0, 0.05) is 19.4 Å². The van der Waals surface area contributed by atoms with Gasteiger partial charge < -0.3 is 38.3 Å². The van der Waals surface area contributed by atoms with Crippen LogP contribution in [-0.4, -0.2) is 65.5 Å². The van der Waals surface area contributed by atoms with Crippen LogP contribution in [0, 0.1) is 0 Å². The molecule has 0 bridgehead atoms. The van der Waals surface area contributed by atoms with Crippen molar-refractivity contribution >= 4 is 29.7 Å². The van der Waals surface area contributed by atoms with Crippen LogP contribution in [0.15, 0.2) is 96.0 Å². The van der Waals surface area contributed by atoms with E-state index in [0.29, 0.717) is 6.42 Å². The van der Waals surface area contributed by atoms with E-state index in [9.17, 15) is 24.3 Å². The summed E-state index contributed by atoms with van der Waals surface area (Å²) in [5.41, 5.74) is 19.3. The Labute approximate surface area is 262 Å². The van der Waals surface area contributed by atoms with E-state index in [1.54, 1.807) is 24.3 Å². The maximum atomic E-state index is 13.8. The molecule has 3 aromatic rings. The Morgan fingerprint density at radius 2 is 1.02 bits per heavy atom. The molecule has 0 aliphatic carbocycles. The minimum atomic E-state index is -1.24. The van der Waals surface area contributed by atoms with E-state index in [1.165, 1.54) is 0 Å². The van der Waals surface area contributed by atoms with Gasteiger partial charge in [-0.15, -0.1) is 0 Å². The largest absolute Gasteiger partial charge is 0.480 e. The molecule has 45 heavy (non-hydrogen) atoms. The topological polar surface area (TPSA) is 215 Å².